The number of anilines is 1. The minimum absolute atomic E-state index is 0.0164. The molecular weight excluding hydrogens is 517 g/mol. The number of carbonyl (C=O) groups is 1. The lowest BCUT2D eigenvalue weighted by Crippen LogP contribution is -2.39. The molecule has 0 aromatic heterocycles. The van der Waals surface area contributed by atoms with Crippen LogP contribution in [0.5, 0.6) is 5.75 Å². The fourth-order valence-corrected chi connectivity index (χ4v) is 4.38. The summed E-state index contributed by atoms with van der Waals surface area (Å²) >= 11 is 2.12. The summed E-state index contributed by atoms with van der Waals surface area (Å²) in [5.74, 6) is -0.609. The van der Waals surface area contributed by atoms with E-state index in [0.717, 1.165) is 7.88 Å². The van der Waals surface area contributed by atoms with Crippen molar-refractivity contribution in [3.05, 3.63) is 88.0 Å². The summed E-state index contributed by atoms with van der Waals surface area (Å²) in [6.45, 7) is -0.462. The van der Waals surface area contributed by atoms with Crippen molar-refractivity contribution >= 4 is 50.4 Å². The summed E-state index contributed by atoms with van der Waals surface area (Å²) in [5.41, 5.74) is 3.09. The fourth-order valence-electron chi connectivity index (χ4n) is 2.58. The summed E-state index contributed by atoms with van der Waals surface area (Å²) in [6, 6.07) is 21.2. The van der Waals surface area contributed by atoms with Crippen molar-refractivity contribution in [3.8, 4) is 5.75 Å². The highest BCUT2D eigenvalue weighted by molar-refractivity contribution is 14.1. The van der Waals surface area contributed by atoms with E-state index in [2.05, 4.69) is 33.1 Å². The molecule has 3 aromatic rings. The van der Waals surface area contributed by atoms with Gasteiger partial charge in [0.1, 0.15) is 12.3 Å². The molecule has 0 bridgehead atoms. The summed E-state index contributed by atoms with van der Waals surface area (Å²) in [5, 5.41) is 13.5. The van der Waals surface area contributed by atoms with Crippen molar-refractivity contribution in [1.82, 2.24) is 5.43 Å². The van der Waals surface area contributed by atoms with Gasteiger partial charge in [-0.2, -0.15) is 5.10 Å². The van der Waals surface area contributed by atoms with E-state index in [4.69, 9.17) is 0 Å². The van der Waals surface area contributed by atoms with Gasteiger partial charge in [0.15, 0.2) is 0 Å². The topological polar surface area (TPSA) is 99.1 Å². The molecule has 3 rings (SSSR count). The van der Waals surface area contributed by atoms with Crippen LogP contribution < -0.4 is 9.73 Å². The number of sulfonamides is 1. The third-order valence-corrected chi connectivity index (χ3v) is 6.57. The number of nitrogens with one attached hydrogen (secondary N) is 1. The molecule has 7 nitrogen and oxygen atoms in total. The first-order chi connectivity index (χ1) is 14.4. The molecule has 9 heteroatoms. The van der Waals surface area contributed by atoms with Crippen LogP contribution in [0.3, 0.4) is 0 Å². The van der Waals surface area contributed by atoms with E-state index in [0.29, 0.717) is 11.3 Å². The fraction of sp³-hybridized carbons (Fsp3) is 0.0476. The molecule has 0 spiro atoms. The molecule has 3 aromatic carbocycles. The second-order valence-corrected chi connectivity index (χ2v) is 9.26. The molecule has 1 amide bonds. The lowest BCUT2D eigenvalue weighted by atomic mass is 10.2. The van der Waals surface area contributed by atoms with Crippen molar-refractivity contribution < 1.29 is 18.3 Å². The summed E-state index contributed by atoms with van der Waals surface area (Å²) in [4.78, 5) is 12.5. The number of phenols is 1. The lowest BCUT2D eigenvalue weighted by Gasteiger charge is -2.23. The van der Waals surface area contributed by atoms with E-state index in [9.17, 15) is 18.3 Å². The van der Waals surface area contributed by atoms with E-state index in [-0.39, 0.29) is 10.6 Å². The van der Waals surface area contributed by atoms with Gasteiger partial charge in [-0.3, -0.25) is 9.10 Å². The molecule has 0 aliphatic rings. The SMILES string of the molecule is O=C(CN(c1ccc(I)cc1)S(=O)(=O)c1ccccc1)N/N=C\c1ccccc1O. The lowest BCUT2D eigenvalue weighted by molar-refractivity contribution is -0.119. The Morgan fingerprint density at radius 2 is 1.63 bits per heavy atom. The molecule has 0 aliphatic heterocycles. The van der Waals surface area contributed by atoms with Crippen molar-refractivity contribution in [2.45, 2.75) is 4.90 Å². The third kappa shape index (κ3) is 5.36. The number of phenolic OH excluding ortho intramolecular Hbond substituents is 1. The number of nitrogens with zero attached hydrogens (tertiary/aromatic N) is 2. The molecule has 0 saturated carbocycles. The smallest absolute Gasteiger partial charge is 0.264 e. The van der Waals surface area contributed by atoms with E-state index in [1.165, 1.54) is 24.4 Å². The van der Waals surface area contributed by atoms with Gasteiger partial charge in [-0.05, 0) is 71.1 Å². The summed E-state index contributed by atoms with van der Waals surface area (Å²) in [6.07, 6.45) is 1.29. The van der Waals surface area contributed by atoms with Crippen LogP contribution in [0.2, 0.25) is 0 Å². The zero-order valence-corrected chi connectivity index (χ0v) is 18.6. The molecule has 0 fully saturated rings. The first-order valence-electron chi connectivity index (χ1n) is 8.81. The number of benzene rings is 3. The number of hydrazone groups is 1. The van der Waals surface area contributed by atoms with Gasteiger partial charge in [0, 0.05) is 9.13 Å². The number of hydrogen-bond donors (Lipinski definition) is 2. The van der Waals surface area contributed by atoms with Crippen molar-refractivity contribution in [2.24, 2.45) is 5.10 Å². The second kappa shape index (κ2) is 9.72. The molecular formula is C21H18IN3O4S. The van der Waals surface area contributed by atoms with Crippen LogP contribution in [0.1, 0.15) is 5.56 Å². The van der Waals surface area contributed by atoms with Crippen LogP contribution in [-0.2, 0) is 14.8 Å². The predicted molar refractivity (Wildman–Crippen MR) is 124 cm³/mol. The minimum atomic E-state index is -3.97. The number of halogens is 1. The quantitative estimate of drug-likeness (QED) is 0.276. The average molecular weight is 535 g/mol. The van der Waals surface area contributed by atoms with Gasteiger partial charge >= 0.3 is 0 Å². The first-order valence-corrected chi connectivity index (χ1v) is 11.3. The number of hydrogen-bond acceptors (Lipinski definition) is 5. The zero-order chi connectivity index (χ0) is 21.6. The van der Waals surface area contributed by atoms with Crippen LogP contribution in [0.15, 0.2) is 88.9 Å². The average Bonchev–Trinajstić information content (AvgIpc) is 2.75. The maximum absolute atomic E-state index is 13.2. The van der Waals surface area contributed by atoms with E-state index in [1.807, 2.05) is 0 Å². The summed E-state index contributed by atoms with van der Waals surface area (Å²) in [7, 11) is -3.97. The van der Waals surface area contributed by atoms with Gasteiger partial charge in [-0.1, -0.05) is 30.3 Å². The largest absolute Gasteiger partial charge is 0.507 e. The van der Waals surface area contributed by atoms with Crippen molar-refractivity contribution in [3.63, 3.8) is 0 Å². The first kappa shape index (κ1) is 21.8. The Balaban J connectivity index is 1.83. The standard InChI is InChI=1S/C21H18IN3O4S/c22-17-10-12-18(13-11-17)25(30(28,29)19-7-2-1-3-8-19)15-21(27)24-23-14-16-6-4-5-9-20(16)26/h1-14,26H,15H2,(H,24,27)/b23-14-. The van der Waals surface area contributed by atoms with Gasteiger partial charge in [0.25, 0.3) is 15.9 Å². The van der Waals surface area contributed by atoms with E-state index in [1.54, 1.807) is 60.7 Å². The molecule has 0 heterocycles. The van der Waals surface area contributed by atoms with Gasteiger partial charge in [-0.15, -0.1) is 0 Å². The molecule has 30 heavy (non-hydrogen) atoms. The van der Waals surface area contributed by atoms with Crippen LogP contribution in [-0.4, -0.2) is 32.2 Å². The van der Waals surface area contributed by atoms with Crippen LogP contribution >= 0.6 is 22.6 Å². The number of para-hydroxylation sites is 1. The monoisotopic (exact) mass is 535 g/mol. The Morgan fingerprint density at radius 3 is 2.30 bits per heavy atom. The second-order valence-electron chi connectivity index (χ2n) is 6.15. The normalized spacial score (nSPS) is 11.4. The van der Waals surface area contributed by atoms with Gasteiger partial charge in [0.05, 0.1) is 16.8 Å². The molecule has 154 valence electrons. The maximum atomic E-state index is 13.2. The molecule has 0 atom stereocenters. The maximum Gasteiger partial charge on any atom is 0.264 e. The highest BCUT2D eigenvalue weighted by Crippen LogP contribution is 2.24. The van der Waals surface area contributed by atoms with Crippen molar-refractivity contribution in [2.75, 3.05) is 10.8 Å². The zero-order valence-electron chi connectivity index (χ0n) is 15.6. The van der Waals surface area contributed by atoms with Crippen LogP contribution in [0, 0.1) is 3.57 Å². The Morgan fingerprint density at radius 1 is 1.00 bits per heavy atom. The summed E-state index contributed by atoms with van der Waals surface area (Å²) < 4.78 is 28.3. The highest BCUT2D eigenvalue weighted by Gasteiger charge is 2.27. The van der Waals surface area contributed by atoms with Gasteiger partial charge < -0.3 is 5.11 Å². The predicted octanol–water partition coefficient (Wildman–Crippen LogP) is 3.34. The van der Waals surface area contributed by atoms with Gasteiger partial charge in [-0.25, -0.2) is 13.8 Å². The third-order valence-electron chi connectivity index (χ3n) is 4.06. The Bertz CT molecular complexity index is 1150. The van der Waals surface area contributed by atoms with Gasteiger partial charge in [0.2, 0.25) is 0 Å². The van der Waals surface area contributed by atoms with E-state index >= 15 is 0 Å². The molecule has 0 radical (unpaired) electrons. The Kier molecular flexibility index (Phi) is 7.06. The molecule has 0 aliphatic carbocycles. The van der Waals surface area contributed by atoms with E-state index < -0.39 is 22.5 Å². The number of amides is 1. The number of aromatic hydroxyl groups is 1. The Hall–Kier alpha value is -2.92. The number of carbonyl (C=O) groups excluding carboxylic acids is 1. The molecule has 0 saturated heterocycles. The minimum Gasteiger partial charge on any atom is -0.507 e. The number of rotatable bonds is 7. The molecule has 0 unspecified atom stereocenters. The van der Waals surface area contributed by atoms with Crippen LogP contribution in [0.25, 0.3) is 0 Å². The molecule has 2 N–H and O–H groups in total. The van der Waals surface area contributed by atoms with Crippen molar-refractivity contribution in [1.29, 1.82) is 0 Å². The Labute approximate surface area is 188 Å². The highest BCUT2D eigenvalue weighted by atomic mass is 127. The van der Waals surface area contributed by atoms with Crippen LogP contribution in [0.4, 0.5) is 5.69 Å².